The Bertz CT molecular complexity index is 797. The van der Waals surface area contributed by atoms with E-state index in [-0.39, 0.29) is 11.4 Å². The molecule has 3 rings (SSSR count). The highest BCUT2D eigenvalue weighted by Crippen LogP contribution is 2.29. The second kappa shape index (κ2) is 9.16. The zero-order valence-electron chi connectivity index (χ0n) is 17.4. The van der Waals surface area contributed by atoms with Crippen LogP contribution in [0.5, 0.6) is 0 Å². The number of aromatic nitrogens is 1. The zero-order valence-corrected chi connectivity index (χ0v) is 18.2. The van der Waals surface area contributed by atoms with Gasteiger partial charge in [0.05, 0.1) is 30.3 Å². The van der Waals surface area contributed by atoms with Gasteiger partial charge in [-0.3, -0.25) is 9.69 Å². The quantitative estimate of drug-likeness (QED) is 0.770. The fourth-order valence-electron chi connectivity index (χ4n) is 3.59. The summed E-state index contributed by atoms with van der Waals surface area (Å²) < 4.78 is 5.47. The topological polar surface area (TPSA) is 54.5 Å². The molecule has 152 valence electrons. The van der Waals surface area contributed by atoms with Gasteiger partial charge in [0.15, 0.2) is 0 Å². The van der Waals surface area contributed by atoms with Crippen LogP contribution in [0.4, 0.5) is 0 Å². The van der Waals surface area contributed by atoms with Crippen LogP contribution in [-0.4, -0.2) is 54.2 Å². The van der Waals surface area contributed by atoms with Crippen LogP contribution in [0, 0.1) is 13.8 Å². The lowest BCUT2D eigenvalue weighted by Gasteiger charge is -2.43. The molecule has 2 heterocycles. The highest BCUT2D eigenvalue weighted by atomic mass is 32.1. The van der Waals surface area contributed by atoms with Crippen molar-refractivity contribution in [3.05, 3.63) is 39.7 Å². The van der Waals surface area contributed by atoms with Crippen LogP contribution in [0.25, 0.3) is 11.3 Å². The Morgan fingerprint density at radius 2 is 1.93 bits per heavy atom. The molecule has 1 amide bonds. The predicted octanol–water partition coefficient (Wildman–Crippen LogP) is 3.59. The third-order valence-electron chi connectivity index (χ3n) is 5.65. The number of rotatable bonds is 7. The van der Waals surface area contributed by atoms with Crippen molar-refractivity contribution in [2.45, 2.75) is 46.1 Å². The number of carbonyl (C=O) groups is 1. The first-order valence-corrected chi connectivity index (χ1v) is 10.9. The standard InChI is InChI=1S/C22H31N3O2S/c1-5-22(4,25-10-12-27-13-11-25)15-23-20(26)14-19-21(24-17(3)28-19)18-8-6-16(2)7-9-18/h6-9H,5,10-15H2,1-4H3,(H,23,26)/t22-/m0/s1. The lowest BCUT2D eigenvalue weighted by Crippen LogP contribution is -2.57. The second-order valence-corrected chi connectivity index (χ2v) is 9.06. The van der Waals surface area contributed by atoms with Gasteiger partial charge < -0.3 is 10.1 Å². The first-order chi connectivity index (χ1) is 13.4. The van der Waals surface area contributed by atoms with E-state index in [2.05, 4.69) is 60.2 Å². The van der Waals surface area contributed by atoms with E-state index >= 15 is 0 Å². The highest BCUT2D eigenvalue weighted by molar-refractivity contribution is 7.12. The Labute approximate surface area is 172 Å². The van der Waals surface area contributed by atoms with Crippen molar-refractivity contribution in [3.8, 4) is 11.3 Å². The second-order valence-electron chi connectivity index (χ2n) is 7.77. The van der Waals surface area contributed by atoms with Crippen molar-refractivity contribution in [1.82, 2.24) is 15.2 Å². The summed E-state index contributed by atoms with van der Waals surface area (Å²) in [6, 6.07) is 8.33. The van der Waals surface area contributed by atoms with E-state index in [1.54, 1.807) is 11.3 Å². The molecule has 0 unspecified atom stereocenters. The number of nitrogens with one attached hydrogen (secondary N) is 1. The number of nitrogens with zero attached hydrogens (tertiary/aromatic N) is 2. The maximum atomic E-state index is 12.7. The summed E-state index contributed by atoms with van der Waals surface area (Å²) in [5.41, 5.74) is 3.19. The molecule has 1 N–H and O–H groups in total. The monoisotopic (exact) mass is 401 g/mol. The largest absolute Gasteiger partial charge is 0.379 e. The van der Waals surface area contributed by atoms with E-state index in [0.717, 1.165) is 53.9 Å². The maximum absolute atomic E-state index is 12.7. The molecular weight excluding hydrogens is 370 g/mol. The first-order valence-electron chi connectivity index (χ1n) is 10.0. The molecule has 1 aromatic heterocycles. The van der Waals surface area contributed by atoms with E-state index in [1.165, 1.54) is 5.56 Å². The molecule has 0 radical (unpaired) electrons. The SMILES string of the molecule is CC[C@@](C)(CNC(=O)Cc1sc(C)nc1-c1ccc(C)cc1)N1CCOCC1. The Balaban J connectivity index is 1.65. The summed E-state index contributed by atoms with van der Waals surface area (Å²) in [7, 11) is 0. The summed E-state index contributed by atoms with van der Waals surface area (Å²) in [5, 5.41) is 4.17. The Morgan fingerprint density at radius 1 is 1.25 bits per heavy atom. The van der Waals surface area contributed by atoms with Crippen LogP contribution in [-0.2, 0) is 16.0 Å². The van der Waals surface area contributed by atoms with Crippen molar-refractivity contribution in [1.29, 1.82) is 0 Å². The van der Waals surface area contributed by atoms with Gasteiger partial charge in [-0.1, -0.05) is 36.8 Å². The number of ether oxygens (including phenoxy) is 1. The molecule has 0 spiro atoms. The Hall–Kier alpha value is -1.76. The molecule has 0 aliphatic carbocycles. The molecular formula is C22H31N3O2S. The molecule has 5 nitrogen and oxygen atoms in total. The van der Waals surface area contributed by atoms with E-state index in [1.807, 2.05) is 6.92 Å². The van der Waals surface area contributed by atoms with Gasteiger partial charge >= 0.3 is 0 Å². The third kappa shape index (κ3) is 4.99. The third-order valence-corrected chi connectivity index (χ3v) is 6.62. The summed E-state index contributed by atoms with van der Waals surface area (Å²) in [6.07, 6.45) is 1.36. The summed E-state index contributed by atoms with van der Waals surface area (Å²) in [6.45, 7) is 12.5. The van der Waals surface area contributed by atoms with E-state index in [4.69, 9.17) is 4.74 Å². The van der Waals surface area contributed by atoms with Gasteiger partial charge in [-0.25, -0.2) is 4.98 Å². The Morgan fingerprint density at radius 3 is 2.57 bits per heavy atom. The number of morpholine rings is 1. The number of hydrogen-bond acceptors (Lipinski definition) is 5. The van der Waals surface area contributed by atoms with Crippen molar-refractivity contribution < 1.29 is 9.53 Å². The van der Waals surface area contributed by atoms with Crippen LogP contribution in [0.3, 0.4) is 0 Å². The lowest BCUT2D eigenvalue weighted by molar-refractivity contribution is -0.121. The average molecular weight is 402 g/mol. The number of hydrogen-bond donors (Lipinski definition) is 1. The van der Waals surface area contributed by atoms with Crippen LogP contribution in [0.15, 0.2) is 24.3 Å². The minimum absolute atomic E-state index is 0.0388. The molecule has 1 atom stereocenters. The molecule has 1 saturated heterocycles. The van der Waals surface area contributed by atoms with Gasteiger partial charge in [-0.15, -0.1) is 11.3 Å². The molecule has 1 aromatic carbocycles. The highest BCUT2D eigenvalue weighted by Gasteiger charge is 2.31. The van der Waals surface area contributed by atoms with Crippen molar-refractivity contribution in [3.63, 3.8) is 0 Å². The molecule has 2 aromatic rings. The van der Waals surface area contributed by atoms with Crippen LogP contribution < -0.4 is 5.32 Å². The lowest BCUT2D eigenvalue weighted by atomic mass is 9.95. The van der Waals surface area contributed by atoms with Crippen LogP contribution in [0.2, 0.25) is 0 Å². The van der Waals surface area contributed by atoms with Gasteiger partial charge in [-0.05, 0) is 27.2 Å². The maximum Gasteiger partial charge on any atom is 0.225 e. The smallest absolute Gasteiger partial charge is 0.225 e. The summed E-state index contributed by atoms with van der Waals surface area (Å²) in [5.74, 6) is 0.0601. The van der Waals surface area contributed by atoms with Crippen LogP contribution >= 0.6 is 11.3 Å². The molecule has 1 fully saturated rings. The van der Waals surface area contributed by atoms with Crippen molar-refractivity contribution in [2.75, 3.05) is 32.8 Å². The molecule has 0 saturated carbocycles. The minimum atomic E-state index is -0.0388. The van der Waals surface area contributed by atoms with Crippen molar-refractivity contribution >= 4 is 17.2 Å². The van der Waals surface area contributed by atoms with Gasteiger partial charge in [0, 0.05) is 35.6 Å². The van der Waals surface area contributed by atoms with Crippen LogP contribution in [0.1, 0.15) is 35.7 Å². The molecule has 0 bridgehead atoms. The van der Waals surface area contributed by atoms with E-state index in [0.29, 0.717) is 13.0 Å². The number of amides is 1. The summed E-state index contributed by atoms with van der Waals surface area (Å²) >= 11 is 1.61. The van der Waals surface area contributed by atoms with E-state index < -0.39 is 0 Å². The van der Waals surface area contributed by atoms with Gasteiger partial charge in [0.1, 0.15) is 0 Å². The van der Waals surface area contributed by atoms with Gasteiger partial charge in [0.25, 0.3) is 0 Å². The molecule has 1 aliphatic heterocycles. The fourth-order valence-corrected chi connectivity index (χ4v) is 4.54. The normalized spacial score (nSPS) is 17.3. The molecule has 6 heteroatoms. The Kier molecular flexibility index (Phi) is 6.86. The van der Waals surface area contributed by atoms with Crippen molar-refractivity contribution in [2.24, 2.45) is 0 Å². The molecule has 1 aliphatic rings. The van der Waals surface area contributed by atoms with Gasteiger partial charge in [0.2, 0.25) is 5.91 Å². The average Bonchev–Trinajstić information content (AvgIpc) is 3.07. The first kappa shape index (κ1) is 21.0. The predicted molar refractivity (Wildman–Crippen MR) is 115 cm³/mol. The summed E-state index contributed by atoms with van der Waals surface area (Å²) in [4.78, 5) is 20.9. The fraction of sp³-hybridized carbons (Fsp3) is 0.545. The zero-order chi connectivity index (χ0) is 20.1. The molecule has 28 heavy (non-hydrogen) atoms. The number of benzene rings is 1. The number of aryl methyl sites for hydroxylation is 2. The minimum Gasteiger partial charge on any atom is -0.379 e. The number of carbonyl (C=O) groups excluding carboxylic acids is 1. The van der Waals surface area contributed by atoms with E-state index in [9.17, 15) is 4.79 Å². The van der Waals surface area contributed by atoms with Gasteiger partial charge in [-0.2, -0.15) is 0 Å². The number of thiazole rings is 1.